The molecule has 0 radical (unpaired) electrons. The molecule has 3 amide bonds. The lowest BCUT2D eigenvalue weighted by atomic mass is 10.1. The lowest BCUT2D eigenvalue weighted by Gasteiger charge is -2.19. The molecule has 0 saturated heterocycles. The van der Waals surface area contributed by atoms with Crippen LogP contribution in [0.5, 0.6) is 0 Å². The predicted octanol–water partition coefficient (Wildman–Crippen LogP) is -1.64. The van der Waals surface area contributed by atoms with E-state index in [1.165, 1.54) is 32.3 Å². The number of rotatable bonds is 11. The van der Waals surface area contributed by atoms with Crippen LogP contribution in [0.2, 0.25) is 0 Å². The summed E-state index contributed by atoms with van der Waals surface area (Å²) in [5, 5.41) is 12.4. The normalized spacial score (nSPS) is 12.2. The highest BCUT2D eigenvalue weighted by molar-refractivity contribution is 8.01. The number of pyridine rings is 1. The Labute approximate surface area is 181 Å². The highest BCUT2D eigenvalue weighted by Gasteiger charge is 2.26. The number of allylic oxidation sites excluding steroid dienone is 1. The fourth-order valence-electron chi connectivity index (χ4n) is 2.42. The summed E-state index contributed by atoms with van der Waals surface area (Å²) < 4.78 is 1.08. The van der Waals surface area contributed by atoms with Gasteiger partial charge in [0, 0.05) is 25.4 Å². The Bertz CT molecular complexity index is 953. The number of hydrogen-bond acceptors (Lipinski definition) is 9. The first-order valence-corrected chi connectivity index (χ1v) is 9.87. The van der Waals surface area contributed by atoms with Gasteiger partial charge in [0.05, 0.1) is 6.54 Å². The number of nitrogens with two attached hydrogens (primary N) is 2. The van der Waals surface area contributed by atoms with E-state index in [0.29, 0.717) is 18.2 Å². The van der Waals surface area contributed by atoms with Gasteiger partial charge in [-0.3, -0.25) is 29.1 Å². The van der Waals surface area contributed by atoms with Crippen molar-refractivity contribution in [2.45, 2.75) is 32.4 Å². The second-order valence-electron chi connectivity index (χ2n) is 6.23. The van der Waals surface area contributed by atoms with Crippen LogP contribution in [0, 0.1) is 0 Å². The number of hydrogen-bond donors (Lipinski definition) is 5. The molecule has 0 bridgehead atoms. The first-order valence-electron chi connectivity index (χ1n) is 8.99. The van der Waals surface area contributed by atoms with Gasteiger partial charge in [-0.15, -0.1) is 0 Å². The molecule has 31 heavy (non-hydrogen) atoms. The number of nitrogens with zero attached hydrogens (tertiary/aromatic N) is 1. The van der Waals surface area contributed by atoms with E-state index in [1.807, 2.05) is 0 Å². The molecule has 1 aromatic rings. The molecule has 0 aliphatic heterocycles. The molecule has 1 aromatic heterocycles. The zero-order chi connectivity index (χ0) is 23.6. The maximum Gasteiger partial charge on any atom is 0.287 e. The van der Waals surface area contributed by atoms with E-state index in [9.17, 15) is 28.8 Å². The van der Waals surface area contributed by atoms with Crippen molar-refractivity contribution in [3.63, 3.8) is 0 Å². The van der Waals surface area contributed by atoms with E-state index in [0.717, 1.165) is 4.57 Å². The highest BCUT2D eigenvalue weighted by atomic mass is 32.2. The van der Waals surface area contributed by atoms with Crippen LogP contribution < -0.4 is 32.4 Å². The Hall–Kier alpha value is -3.45. The fourth-order valence-corrected chi connectivity index (χ4v) is 2.77. The van der Waals surface area contributed by atoms with Crippen molar-refractivity contribution in [3.05, 3.63) is 39.3 Å². The van der Waals surface area contributed by atoms with Crippen LogP contribution in [0.25, 0.3) is 0 Å². The number of anilines is 1. The molecule has 1 atom stereocenters. The fraction of sp³-hybridized carbons (Fsp3) is 0.333. The quantitative estimate of drug-likeness (QED) is 0.113. The molecule has 168 valence electrons. The first kappa shape index (κ1) is 25.6. The maximum atomic E-state index is 12.8. The summed E-state index contributed by atoms with van der Waals surface area (Å²) in [6.07, 6.45) is 1.31. The predicted molar refractivity (Wildman–Crippen MR) is 114 cm³/mol. The second kappa shape index (κ2) is 12.3. The molecule has 1 rings (SSSR count). The minimum atomic E-state index is -1.29. The summed E-state index contributed by atoms with van der Waals surface area (Å²) in [6.45, 7) is 1.24. The molecule has 0 aromatic carbocycles. The number of amides is 3. The zero-order valence-corrected chi connectivity index (χ0v) is 17.8. The second-order valence-corrected chi connectivity index (χ2v) is 6.88. The monoisotopic (exact) mass is 452 g/mol. The lowest BCUT2D eigenvalue weighted by Crippen LogP contribution is -2.46. The third-order valence-corrected chi connectivity index (χ3v) is 4.74. The molecule has 0 saturated carbocycles. The molecule has 0 aliphatic carbocycles. The Morgan fingerprint density at radius 3 is 2.48 bits per heavy atom. The average Bonchev–Trinajstić information content (AvgIpc) is 2.73. The first-order chi connectivity index (χ1) is 14.7. The molecule has 12 nitrogen and oxygen atoms in total. The standard InChI is InChI=1S/C18H24N6O6S/c1-10(19)14(31-20)17(29)22-11(5-6-13(26)16(28)21-2)15(27)23-12-4-3-7-24(8-9-25)18(12)30/h3-4,7,9,11H,5-6,8,19-20H2,1-2H3,(H,21,28)(H,22,29)(H,23,27)/b14-10-. The SMILES string of the molecule is CNC(=O)C(=O)CCC(NC(=O)/C(SN)=C(\C)N)C(=O)Nc1cccn(CC=O)c1=O. The van der Waals surface area contributed by atoms with Crippen molar-refractivity contribution in [3.8, 4) is 0 Å². The van der Waals surface area contributed by atoms with Gasteiger partial charge in [0.15, 0.2) is 0 Å². The van der Waals surface area contributed by atoms with Crippen molar-refractivity contribution in [2.24, 2.45) is 10.9 Å². The van der Waals surface area contributed by atoms with Crippen molar-refractivity contribution >= 4 is 47.4 Å². The largest absolute Gasteiger partial charge is 0.401 e. The van der Waals surface area contributed by atoms with Crippen LogP contribution in [0.3, 0.4) is 0 Å². The van der Waals surface area contributed by atoms with E-state index >= 15 is 0 Å². The summed E-state index contributed by atoms with van der Waals surface area (Å²) >= 11 is 0.580. The van der Waals surface area contributed by atoms with Gasteiger partial charge in [-0.05, 0) is 37.4 Å². The van der Waals surface area contributed by atoms with Crippen molar-refractivity contribution < 1.29 is 24.0 Å². The van der Waals surface area contributed by atoms with Crippen molar-refractivity contribution in [2.75, 3.05) is 12.4 Å². The van der Waals surface area contributed by atoms with E-state index in [4.69, 9.17) is 10.9 Å². The summed E-state index contributed by atoms with van der Waals surface area (Å²) in [6, 6.07) is 1.48. The van der Waals surface area contributed by atoms with Crippen LogP contribution in [0.15, 0.2) is 33.7 Å². The number of aldehydes is 1. The third-order valence-electron chi connectivity index (χ3n) is 3.99. The molecular formula is C18H24N6O6S. The van der Waals surface area contributed by atoms with Gasteiger partial charge in [0.1, 0.15) is 22.9 Å². The molecule has 0 spiro atoms. The number of nitrogens with one attached hydrogen (secondary N) is 3. The van der Waals surface area contributed by atoms with Crippen LogP contribution in [-0.2, 0) is 30.5 Å². The molecule has 0 aliphatic rings. The minimum Gasteiger partial charge on any atom is -0.401 e. The number of Topliss-reactive ketones (excluding diaryl/α,β-unsaturated/α-hetero) is 1. The summed E-state index contributed by atoms with van der Waals surface area (Å²) in [4.78, 5) is 71.4. The van der Waals surface area contributed by atoms with Crippen LogP contribution >= 0.6 is 11.9 Å². The summed E-state index contributed by atoms with van der Waals surface area (Å²) in [5.74, 6) is -3.20. The van der Waals surface area contributed by atoms with E-state index in [1.54, 1.807) is 0 Å². The van der Waals surface area contributed by atoms with Crippen LogP contribution in [0.4, 0.5) is 5.69 Å². The van der Waals surface area contributed by atoms with Gasteiger partial charge < -0.3 is 31.0 Å². The summed E-state index contributed by atoms with van der Waals surface area (Å²) in [7, 11) is 1.28. The Kier molecular flexibility index (Phi) is 10.1. The molecular weight excluding hydrogens is 428 g/mol. The van der Waals surface area contributed by atoms with Gasteiger partial charge >= 0.3 is 0 Å². The maximum absolute atomic E-state index is 12.8. The van der Waals surface area contributed by atoms with Gasteiger partial charge in [-0.2, -0.15) is 0 Å². The molecule has 1 heterocycles. The Morgan fingerprint density at radius 1 is 1.26 bits per heavy atom. The topological polar surface area (TPSA) is 195 Å². The van der Waals surface area contributed by atoms with Gasteiger partial charge in [0.25, 0.3) is 17.4 Å². The van der Waals surface area contributed by atoms with Gasteiger partial charge in [-0.25, -0.2) is 0 Å². The van der Waals surface area contributed by atoms with Crippen LogP contribution in [-0.4, -0.2) is 47.4 Å². The van der Waals surface area contributed by atoms with E-state index < -0.39 is 35.1 Å². The Morgan fingerprint density at radius 2 is 1.94 bits per heavy atom. The number of carbonyl (C=O) groups excluding carboxylic acids is 5. The van der Waals surface area contributed by atoms with E-state index in [2.05, 4.69) is 16.0 Å². The van der Waals surface area contributed by atoms with Crippen LogP contribution in [0.1, 0.15) is 19.8 Å². The van der Waals surface area contributed by atoms with Crippen molar-refractivity contribution in [1.29, 1.82) is 0 Å². The molecule has 1 unspecified atom stereocenters. The van der Waals surface area contributed by atoms with Gasteiger partial charge in [0.2, 0.25) is 11.7 Å². The Balaban J connectivity index is 3.11. The molecule has 7 N–H and O–H groups in total. The average molecular weight is 452 g/mol. The number of ketones is 1. The zero-order valence-electron chi connectivity index (χ0n) is 17.0. The third kappa shape index (κ3) is 7.38. The smallest absolute Gasteiger partial charge is 0.287 e. The highest BCUT2D eigenvalue weighted by Crippen LogP contribution is 2.13. The van der Waals surface area contributed by atoms with E-state index in [-0.39, 0.29) is 35.7 Å². The molecule has 13 heteroatoms. The number of carbonyl (C=O) groups is 5. The summed E-state index contributed by atoms with van der Waals surface area (Å²) in [5.41, 5.74) is 4.95. The van der Waals surface area contributed by atoms with Gasteiger partial charge in [-0.1, -0.05) is 0 Å². The lowest BCUT2D eigenvalue weighted by molar-refractivity contribution is -0.137. The molecule has 0 fully saturated rings. The minimum absolute atomic E-state index is 0.0384. The number of likely N-dealkylation sites (N-methyl/N-ethyl adjacent to an activating group) is 1. The number of aromatic nitrogens is 1. The van der Waals surface area contributed by atoms with Crippen molar-refractivity contribution in [1.82, 2.24) is 15.2 Å².